The highest BCUT2D eigenvalue weighted by atomic mass is 32.2. The normalized spacial score (nSPS) is 11.5. The summed E-state index contributed by atoms with van der Waals surface area (Å²) in [5, 5.41) is 7.99. The van der Waals surface area contributed by atoms with Gasteiger partial charge in [-0.25, -0.2) is 13.2 Å². The van der Waals surface area contributed by atoms with Crippen LogP contribution in [0.15, 0.2) is 21.6 Å². The van der Waals surface area contributed by atoms with Crippen LogP contribution in [-0.4, -0.2) is 50.5 Å². The van der Waals surface area contributed by atoms with Crippen molar-refractivity contribution < 1.29 is 32.3 Å². The summed E-state index contributed by atoms with van der Waals surface area (Å²) in [6.45, 7) is -0.712. The average molecular weight is 277 g/mol. The van der Waals surface area contributed by atoms with Crippen molar-refractivity contribution in [2.45, 2.75) is 5.09 Å². The summed E-state index contributed by atoms with van der Waals surface area (Å²) in [7, 11) is -1.87. The Labute approximate surface area is 103 Å². The van der Waals surface area contributed by atoms with Crippen LogP contribution in [0.1, 0.15) is 10.6 Å². The lowest BCUT2D eigenvalue weighted by Gasteiger charge is -2.12. The van der Waals surface area contributed by atoms with Crippen LogP contribution in [0, 0.1) is 0 Å². The van der Waals surface area contributed by atoms with Crippen LogP contribution < -0.4 is 0 Å². The third kappa shape index (κ3) is 2.87. The van der Waals surface area contributed by atoms with Gasteiger partial charge in [0.05, 0.1) is 7.11 Å². The number of nitrogens with zero attached hydrogens (tertiary/aromatic N) is 1. The van der Waals surface area contributed by atoms with Crippen LogP contribution >= 0.6 is 0 Å². The molecule has 1 aromatic rings. The summed E-state index contributed by atoms with van der Waals surface area (Å²) >= 11 is 0. The molecule has 0 aromatic carbocycles. The Morgan fingerprint density at radius 3 is 2.56 bits per heavy atom. The fourth-order valence-electron chi connectivity index (χ4n) is 1.10. The number of carboxylic acid groups (broad SMARTS) is 1. The van der Waals surface area contributed by atoms with E-state index in [0.717, 1.165) is 26.3 Å². The number of ether oxygens (including phenoxy) is 1. The number of rotatable bonds is 5. The molecule has 9 heteroatoms. The molecule has 0 aliphatic rings. The van der Waals surface area contributed by atoms with Crippen LogP contribution in [0.2, 0.25) is 0 Å². The molecule has 18 heavy (non-hydrogen) atoms. The summed E-state index contributed by atoms with van der Waals surface area (Å²) < 4.78 is 33.4. The molecular weight excluding hydrogens is 266 g/mol. The largest absolute Gasteiger partial charge is 0.480 e. The van der Waals surface area contributed by atoms with Crippen molar-refractivity contribution in [2.24, 2.45) is 0 Å². The first kappa shape index (κ1) is 14.2. The second kappa shape index (κ2) is 5.19. The minimum Gasteiger partial charge on any atom is -0.480 e. The molecule has 0 fully saturated rings. The minimum absolute atomic E-state index is 0.278. The van der Waals surface area contributed by atoms with Crippen LogP contribution in [0.25, 0.3) is 0 Å². The van der Waals surface area contributed by atoms with Gasteiger partial charge in [-0.3, -0.25) is 4.79 Å². The Kier molecular flexibility index (Phi) is 4.09. The maximum atomic E-state index is 11.8. The van der Waals surface area contributed by atoms with Crippen molar-refractivity contribution >= 4 is 22.0 Å². The lowest BCUT2D eigenvalue weighted by atomic mass is 10.5. The summed E-state index contributed by atoms with van der Waals surface area (Å²) in [6, 6.07) is 2.19. The number of esters is 1. The molecule has 0 saturated heterocycles. The highest BCUT2D eigenvalue weighted by Gasteiger charge is 2.27. The third-order valence-electron chi connectivity index (χ3n) is 1.99. The number of carboxylic acids is 1. The molecule has 0 radical (unpaired) electrons. The van der Waals surface area contributed by atoms with Gasteiger partial charge in [0.2, 0.25) is 10.9 Å². The molecule has 100 valence electrons. The van der Waals surface area contributed by atoms with Crippen molar-refractivity contribution in [2.75, 3.05) is 20.7 Å². The summed E-state index contributed by atoms with van der Waals surface area (Å²) in [5.41, 5.74) is 0. The highest BCUT2D eigenvalue weighted by molar-refractivity contribution is 7.89. The van der Waals surface area contributed by atoms with E-state index >= 15 is 0 Å². The number of hydrogen-bond donors (Lipinski definition) is 1. The maximum Gasteiger partial charge on any atom is 0.374 e. The number of carbonyl (C=O) groups is 2. The Hall–Kier alpha value is -1.87. The average Bonchev–Trinajstić information content (AvgIpc) is 2.76. The SMILES string of the molecule is COC(=O)c1ccc(S(=O)(=O)N(C)CC(=O)O)o1. The summed E-state index contributed by atoms with van der Waals surface area (Å²) in [5.74, 6) is -2.40. The molecule has 0 saturated carbocycles. The van der Waals surface area contributed by atoms with Gasteiger partial charge in [0.1, 0.15) is 6.54 Å². The van der Waals surface area contributed by atoms with Crippen molar-refractivity contribution in [3.63, 3.8) is 0 Å². The Bertz CT molecular complexity index is 559. The van der Waals surface area contributed by atoms with E-state index in [1.807, 2.05) is 0 Å². The summed E-state index contributed by atoms with van der Waals surface area (Å²) in [6.07, 6.45) is 0. The van der Waals surface area contributed by atoms with Gasteiger partial charge < -0.3 is 14.3 Å². The number of sulfonamides is 1. The summed E-state index contributed by atoms with van der Waals surface area (Å²) in [4.78, 5) is 21.5. The smallest absolute Gasteiger partial charge is 0.374 e. The molecule has 1 N–H and O–H groups in total. The lowest BCUT2D eigenvalue weighted by molar-refractivity contribution is -0.137. The molecule has 0 spiro atoms. The topological polar surface area (TPSA) is 114 Å². The van der Waals surface area contributed by atoms with Crippen LogP contribution in [0.5, 0.6) is 0 Å². The van der Waals surface area contributed by atoms with E-state index in [0.29, 0.717) is 4.31 Å². The van der Waals surface area contributed by atoms with Gasteiger partial charge in [0.15, 0.2) is 0 Å². The quantitative estimate of drug-likeness (QED) is 0.739. The standard InChI is InChI=1S/C9H11NO7S/c1-10(5-7(11)12)18(14,15)8-4-3-6(17-8)9(13)16-2/h3-4H,5H2,1-2H3,(H,11,12). The zero-order valence-corrected chi connectivity index (χ0v) is 10.4. The predicted molar refractivity (Wildman–Crippen MR) is 57.5 cm³/mol. The zero-order chi connectivity index (χ0) is 13.9. The van der Waals surface area contributed by atoms with Crippen molar-refractivity contribution in [3.8, 4) is 0 Å². The first-order chi connectivity index (χ1) is 8.28. The lowest BCUT2D eigenvalue weighted by Crippen LogP contribution is -2.31. The molecule has 0 atom stereocenters. The zero-order valence-electron chi connectivity index (χ0n) is 9.61. The number of carbonyl (C=O) groups excluding carboxylic acids is 1. The van der Waals surface area contributed by atoms with Gasteiger partial charge in [0.25, 0.3) is 10.0 Å². The number of furan rings is 1. The van der Waals surface area contributed by atoms with E-state index < -0.39 is 33.6 Å². The van der Waals surface area contributed by atoms with Crippen LogP contribution in [0.4, 0.5) is 0 Å². The minimum atomic E-state index is -4.08. The molecule has 1 aromatic heterocycles. The van der Waals surface area contributed by atoms with Crippen LogP contribution in [0.3, 0.4) is 0 Å². The molecule has 1 rings (SSSR count). The van der Waals surface area contributed by atoms with Crippen LogP contribution in [-0.2, 0) is 19.6 Å². The van der Waals surface area contributed by atoms with Gasteiger partial charge in [0, 0.05) is 7.05 Å². The highest BCUT2D eigenvalue weighted by Crippen LogP contribution is 2.18. The van der Waals surface area contributed by atoms with Gasteiger partial charge in [-0.1, -0.05) is 0 Å². The first-order valence-corrected chi connectivity index (χ1v) is 6.09. The number of methoxy groups -OCH3 is 1. The molecule has 0 bridgehead atoms. The number of likely N-dealkylation sites (N-methyl/N-ethyl adjacent to an activating group) is 1. The van der Waals surface area contributed by atoms with E-state index in [1.165, 1.54) is 0 Å². The third-order valence-corrected chi connectivity index (χ3v) is 3.67. The van der Waals surface area contributed by atoms with E-state index in [-0.39, 0.29) is 5.76 Å². The molecule has 0 amide bonds. The van der Waals surface area contributed by atoms with Gasteiger partial charge in [-0.15, -0.1) is 0 Å². The predicted octanol–water partition coefficient (Wildman–Crippen LogP) is -0.229. The van der Waals surface area contributed by atoms with Gasteiger partial charge in [-0.2, -0.15) is 4.31 Å². The van der Waals surface area contributed by atoms with E-state index in [4.69, 9.17) is 9.52 Å². The molecule has 0 unspecified atom stereocenters. The Balaban J connectivity index is 3.02. The number of aliphatic carboxylic acids is 1. The second-order valence-corrected chi connectivity index (χ2v) is 5.24. The van der Waals surface area contributed by atoms with Crippen molar-refractivity contribution in [3.05, 3.63) is 17.9 Å². The first-order valence-electron chi connectivity index (χ1n) is 4.65. The Morgan fingerprint density at radius 1 is 1.44 bits per heavy atom. The van der Waals surface area contributed by atoms with Crippen molar-refractivity contribution in [1.29, 1.82) is 0 Å². The molecule has 0 aliphatic heterocycles. The van der Waals surface area contributed by atoms with Gasteiger partial charge in [-0.05, 0) is 12.1 Å². The fraction of sp³-hybridized carbons (Fsp3) is 0.333. The van der Waals surface area contributed by atoms with E-state index in [2.05, 4.69) is 4.74 Å². The maximum absolute atomic E-state index is 11.8. The molecule has 8 nitrogen and oxygen atoms in total. The Morgan fingerprint density at radius 2 is 2.06 bits per heavy atom. The molecular formula is C9H11NO7S. The van der Waals surface area contributed by atoms with Crippen molar-refractivity contribution in [1.82, 2.24) is 4.31 Å². The number of hydrogen-bond acceptors (Lipinski definition) is 6. The molecule has 1 heterocycles. The second-order valence-electron chi connectivity index (χ2n) is 3.27. The molecule has 0 aliphatic carbocycles. The van der Waals surface area contributed by atoms with E-state index in [1.54, 1.807) is 0 Å². The van der Waals surface area contributed by atoms with E-state index in [9.17, 15) is 18.0 Å². The monoisotopic (exact) mass is 277 g/mol. The fourth-order valence-corrected chi connectivity index (χ4v) is 2.12. The van der Waals surface area contributed by atoms with Gasteiger partial charge >= 0.3 is 11.9 Å².